The number of carbonyl (C=O) groups is 1. The van der Waals surface area contributed by atoms with Crippen LogP contribution in [0.15, 0.2) is 34.8 Å². The van der Waals surface area contributed by atoms with Crippen LogP contribution in [0, 0.1) is 21.4 Å². The van der Waals surface area contributed by atoms with Crippen molar-refractivity contribution in [2.75, 3.05) is 6.61 Å². The van der Waals surface area contributed by atoms with Gasteiger partial charge >= 0.3 is 11.9 Å². The molecule has 18 heavy (non-hydrogen) atoms. The quantitative estimate of drug-likeness (QED) is 0.196. The largest absolute Gasteiger partial charge is 0.457 e. The summed E-state index contributed by atoms with van der Waals surface area (Å²) < 4.78 is 9.42. The molecule has 0 aliphatic rings. The van der Waals surface area contributed by atoms with E-state index in [0.29, 0.717) is 0 Å². The van der Waals surface area contributed by atoms with Crippen LogP contribution >= 0.6 is 0 Å². The number of nitro groups is 1. The molecule has 1 aromatic rings. The summed E-state index contributed by atoms with van der Waals surface area (Å²) in [6, 6.07) is 4.02. The maximum Gasteiger partial charge on any atom is 0.433 e. The highest BCUT2D eigenvalue weighted by Gasteiger charge is 2.14. The molecule has 7 nitrogen and oxygen atoms in total. The van der Waals surface area contributed by atoms with Gasteiger partial charge in [-0.2, -0.15) is 5.26 Å². The number of nitriles is 1. The molecule has 0 aliphatic carbocycles. The van der Waals surface area contributed by atoms with Crippen molar-refractivity contribution in [3.63, 3.8) is 0 Å². The van der Waals surface area contributed by atoms with E-state index in [1.165, 1.54) is 12.1 Å². The van der Waals surface area contributed by atoms with E-state index in [0.717, 1.165) is 12.1 Å². The molecule has 0 fully saturated rings. The molecule has 0 saturated heterocycles. The minimum Gasteiger partial charge on any atom is -0.457 e. The molecule has 0 radical (unpaired) electrons. The van der Waals surface area contributed by atoms with Gasteiger partial charge in [-0.25, -0.2) is 4.79 Å². The van der Waals surface area contributed by atoms with Crippen LogP contribution in [0.25, 0.3) is 6.08 Å². The van der Waals surface area contributed by atoms with Gasteiger partial charge in [0.15, 0.2) is 0 Å². The first-order valence-electron chi connectivity index (χ1n) is 4.72. The summed E-state index contributed by atoms with van der Waals surface area (Å²) in [5.74, 6) is -1.30. The number of furan rings is 1. The molecule has 0 amide bonds. The molecule has 0 aliphatic heterocycles. The lowest BCUT2D eigenvalue weighted by atomic mass is 10.2. The average molecular weight is 248 g/mol. The molecule has 92 valence electrons. The second-order valence-corrected chi connectivity index (χ2v) is 2.99. The molecule has 1 heterocycles. The minimum absolute atomic E-state index is 0.0220. The summed E-state index contributed by atoms with van der Waals surface area (Å²) in [6.07, 6.45) is 2.42. The zero-order valence-electron chi connectivity index (χ0n) is 9.16. The van der Waals surface area contributed by atoms with E-state index in [-0.39, 0.29) is 17.9 Å². The molecule has 0 unspecified atom stereocenters. The van der Waals surface area contributed by atoms with Crippen molar-refractivity contribution in [1.29, 1.82) is 5.26 Å². The Hall–Kier alpha value is -2.88. The summed E-state index contributed by atoms with van der Waals surface area (Å²) in [5.41, 5.74) is -0.318. The van der Waals surface area contributed by atoms with Gasteiger partial charge < -0.3 is 9.15 Å². The average Bonchev–Trinajstić information content (AvgIpc) is 2.81. The van der Waals surface area contributed by atoms with Crippen LogP contribution in [0.4, 0.5) is 5.88 Å². The third-order valence-electron chi connectivity index (χ3n) is 1.75. The van der Waals surface area contributed by atoms with Gasteiger partial charge in [-0.3, -0.25) is 10.1 Å². The summed E-state index contributed by atoms with van der Waals surface area (Å²) in [7, 11) is 0. The second kappa shape index (κ2) is 6.00. The Balaban J connectivity index is 2.90. The van der Waals surface area contributed by atoms with E-state index >= 15 is 0 Å². The van der Waals surface area contributed by atoms with Crippen molar-refractivity contribution in [1.82, 2.24) is 0 Å². The molecular formula is C11H8N2O5. The Labute approximate surface area is 102 Å². The highest BCUT2D eigenvalue weighted by atomic mass is 16.6. The van der Waals surface area contributed by atoms with Crippen molar-refractivity contribution in [3.05, 3.63) is 46.2 Å². The zero-order chi connectivity index (χ0) is 13.5. The Kier molecular flexibility index (Phi) is 4.40. The molecule has 0 saturated carbocycles. The summed E-state index contributed by atoms with van der Waals surface area (Å²) in [6.45, 7) is 3.32. The lowest BCUT2D eigenvalue weighted by Crippen LogP contribution is -2.06. The van der Waals surface area contributed by atoms with Crippen LogP contribution < -0.4 is 0 Å². The van der Waals surface area contributed by atoms with Crippen LogP contribution in [0.5, 0.6) is 0 Å². The second-order valence-electron chi connectivity index (χ2n) is 2.99. The number of carbonyl (C=O) groups excluding carboxylic acids is 1. The number of ether oxygens (including phenoxy) is 1. The molecule has 0 spiro atoms. The van der Waals surface area contributed by atoms with Crippen molar-refractivity contribution in [3.8, 4) is 6.07 Å². The Bertz CT molecular complexity index is 550. The molecule has 7 heteroatoms. The SMILES string of the molecule is C=CCOC(=O)/C(C#N)=C\c1ccc([N+](=O)[O-])o1. The first-order valence-corrected chi connectivity index (χ1v) is 4.72. The molecule has 0 aromatic carbocycles. The first-order chi connectivity index (χ1) is 8.58. The van der Waals surface area contributed by atoms with E-state index in [2.05, 4.69) is 11.3 Å². The highest BCUT2D eigenvalue weighted by molar-refractivity contribution is 5.97. The van der Waals surface area contributed by atoms with Crippen LogP contribution in [-0.2, 0) is 9.53 Å². The van der Waals surface area contributed by atoms with Crippen molar-refractivity contribution in [2.24, 2.45) is 0 Å². The Morgan fingerprint density at radius 1 is 1.67 bits per heavy atom. The Morgan fingerprint density at radius 2 is 2.39 bits per heavy atom. The van der Waals surface area contributed by atoms with E-state index in [9.17, 15) is 14.9 Å². The van der Waals surface area contributed by atoms with Crippen molar-refractivity contribution < 1.29 is 18.9 Å². The number of hydrogen-bond acceptors (Lipinski definition) is 6. The van der Waals surface area contributed by atoms with Gasteiger partial charge in [0, 0.05) is 6.08 Å². The van der Waals surface area contributed by atoms with Gasteiger partial charge in [-0.15, -0.1) is 0 Å². The van der Waals surface area contributed by atoms with Crippen molar-refractivity contribution >= 4 is 17.9 Å². The third-order valence-corrected chi connectivity index (χ3v) is 1.75. The summed E-state index contributed by atoms with van der Waals surface area (Å²) in [5, 5.41) is 19.1. The first kappa shape index (κ1) is 13.2. The monoisotopic (exact) mass is 248 g/mol. The highest BCUT2D eigenvalue weighted by Crippen LogP contribution is 2.18. The number of esters is 1. The number of rotatable bonds is 5. The third kappa shape index (κ3) is 3.31. The normalized spacial score (nSPS) is 10.5. The molecule has 1 rings (SSSR count). The summed E-state index contributed by atoms with van der Waals surface area (Å²) >= 11 is 0. The van der Waals surface area contributed by atoms with Gasteiger partial charge in [0.05, 0.1) is 6.07 Å². The summed E-state index contributed by atoms with van der Waals surface area (Å²) in [4.78, 5) is 21.0. The van der Waals surface area contributed by atoms with Crippen LogP contribution in [-0.4, -0.2) is 17.5 Å². The predicted octanol–water partition coefficient (Wildman–Crippen LogP) is 1.82. The smallest absolute Gasteiger partial charge is 0.433 e. The molecule has 0 bridgehead atoms. The number of hydrogen-bond donors (Lipinski definition) is 0. The van der Waals surface area contributed by atoms with Crippen LogP contribution in [0.3, 0.4) is 0 Å². The van der Waals surface area contributed by atoms with Gasteiger partial charge in [0.2, 0.25) is 0 Å². The molecular weight excluding hydrogens is 240 g/mol. The van der Waals surface area contributed by atoms with Gasteiger partial charge in [0.1, 0.15) is 28.9 Å². The Morgan fingerprint density at radius 3 is 2.89 bits per heavy atom. The van der Waals surface area contributed by atoms with Crippen molar-refractivity contribution in [2.45, 2.75) is 0 Å². The fourth-order valence-corrected chi connectivity index (χ4v) is 1.01. The van der Waals surface area contributed by atoms with Crippen LogP contribution in [0.2, 0.25) is 0 Å². The van der Waals surface area contributed by atoms with E-state index < -0.39 is 16.8 Å². The fraction of sp³-hybridized carbons (Fsp3) is 0.0909. The maximum atomic E-state index is 11.3. The molecule has 0 atom stereocenters. The van der Waals surface area contributed by atoms with Gasteiger partial charge in [-0.1, -0.05) is 12.7 Å². The lowest BCUT2D eigenvalue weighted by molar-refractivity contribution is -0.402. The predicted molar refractivity (Wildman–Crippen MR) is 60.1 cm³/mol. The van der Waals surface area contributed by atoms with E-state index in [1.54, 1.807) is 6.07 Å². The van der Waals surface area contributed by atoms with E-state index in [4.69, 9.17) is 9.68 Å². The fourth-order valence-electron chi connectivity index (χ4n) is 1.01. The molecule has 1 aromatic heterocycles. The minimum atomic E-state index is -0.851. The van der Waals surface area contributed by atoms with Crippen LogP contribution in [0.1, 0.15) is 5.76 Å². The van der Waals surface area contributed by atoms with E-state index in [1.807, 2.05) is 0 Å². The maximum absolute atomic E-state index is 11.3. The zero-order valence-corrected chi connectivity index (χ0v) is 9.16. The number of nitrogens with zero attached hydrogens (tertiary/aromatic N) is 2. The standard InChI is InChI=1S/C11H8N2O5/c1-2-5-17-11(14)8(7-12)6-9-3-4-10(18-9)13(15)16/h2-4,6H,1,5H2/b8-6-. The lowest BCUT2D eigenvalue weighted by Gasteiger charge is -1.98. The topological polar surface area (TPSA) is 106 Å². The molecule has 0 N–H and O–H groups in total. The van der Waals surface area contributed by atoms with Gasteiger partial charge in [-0.05, 0) is 6.07 Å². The van der Waals surface area contributed by atoms with Gasteiger partial charge in [0.25, 0.3) is 0 Å².